The molecule has 1 aromatic carbocycles. The van der Waals surface area contributed by atoms with E-state index in [2.05, 4.69) is 11.9 Å². The molecular formula is C14H22N4O. The van der Waals surface area contributed by atoms with E-state index in [0.29, 0.717) is 6.54 Å². The number of anilines is 2. The summed E-state index contributed by atoms with van der Waals surface area (Å²) in [6.07, 6.45) is 0. The van der Waals surface area contributed by atoms with Crippen LogP contribution in [0.1, 0.15) is 0 Å². The van der Waals surface area contributed by atoms with E-state index in [1.54, 1.807) is 0 Å². The van der Waals surface area contributed by atoms with Crippen molar-refractivity contribution in [3.05, 3.63) is 24.3 Å². The summed E-state index contributed by atoms with van der Waals surface area (Å²) in [7, 11) is 4.02. The lowest BCUT2D eigenvalue weighted by atomic mass is 10.2. The molecule has 2 N–H and O–H groups in total. The summed E-state index contributed by atoms with van der Waals surface area (Å²) in [5, 5.41) is 0. The smallest absolute Gasteiger partial charge is 0.242 e. The van der Waals surface area contributed by atoms with Crippen molar-refractivity contribution in [3.63, 3.8) is 0 Å². The molecule has 19 heavy (non-hydrogen) atoms. The van der Waals surface area contributed by atoms with Crippen LogP contribution in [0.2, 0.25) is 0 Å². The van der Waals surface area contributed by atoms with Crippen LogP contribution >= 0.6 is 0 Å². The van der Waals surface area contributed by atoms with Gasteiger partial charge in [0.25, 0.3) is 0 Å². The van der Waals surface area contributed by atoms with Crippen molar-refractivity contribution >= 4 is 17.3 Å². The zero-order valence-corrected chi connectivity index (χ0v) is 11.7. The standard InChI is InChI=1S/C14H22N4O/c1-16-7-9-18(10-8-16)14(19)11-17(2)13-5-3-12(15)4-6-13/h3-6H,7-11,15H2,1-2H3. The Kier molecular flexibility index (Phi) is 4.27. The second kappa shape index (κ2) is 5.93. The Labute approximate surface area is 114 Å². The Morgan fingerprint density at radius 2 is 1.79 bits per heavy atom. The molecule has 1 aliphatic rings. The highest BCUT2D eigenvalue weighted by molar-refractivity contribution is 5.81. The summed E-state index contributed by atoms with van der Waals surface area (Å²) in [5.41, 5.74) is 7.41. The molecule has 0 bridgehead atoms. The fourth-order valence-corrected chi connectivity index (χ4v) is 2.18. The maximum atomic E-state index is 12.2. The van der Waals surface area contributed by atoms with Gasteiger partial charge in [-0.2, -0.15) is 0 Å². The number of nitrogens with two attached hydrogens (primary N) is 1. The summed E-state index contributed by atoms with van der Waals surface area (Å²) in [4.78, 5) is 18.3. The lowest BCUT2D eigenvalue weighted by Gasteiger charge is -2.33. The number of hydrogen-bond acceptors (Lipinski definition) is 4. The highest BCUT2D eigenvalue weighted by Gasteiger charge is 2.19. The van der Waals surface area contributed by atoms with Gasteiger partial charge in [-0.05, 0) is 31.3 Å². The van der Waals surface area contributed by atoms with Gasteiger partial charge in [0.2, 0.25) is 5.91 Å². The molecule has 0 unspecified atom stereocenters. The van der Waals surface area contributed by atoms with Crippen molar-refractivity contribution in [2.24, 2.45) is 0 Å². The van der Waals surface area contributed by atoms with Gasteiger partial charge in [0.05, 0.1) is 6.54 Å². The predicted octanol–water partition coefficient (Wildman–Crippen LogP) is 0.479. The molecule has 1 saturated heterocycles. The molecule has 0 radical (unpaired) electrons. The Hall–Kier alpha value is -1.75. The van der Waals surface area contributed by atoms with Crippen LogP contribution < -0.4 is 10.6 Å². The Bertz CT molecular complexity index is 424. The first-order chi connectivity index (χ1) is 9.06. The van der Waals surface area contributed by atoms with Crippen molar-refractivity contribution in [1.82, 2.24) is 9.80 Å². The Morgan fingerprint density at radius 3 is 2.37 bits per heavy atom. The molecule has 5 nitrogen and oxygen atoms in total. The zero-order valence-electron chi connectivity index (χ0n) is 11.7. The van der Waals surface area contributed by atoms with Crippen molar-refractivity contribution in [2.75, 3.05) is 57.5 Å². The Morgan fingerprint density at radius 1 is 1.21 bits per heavy atom. The first-order valence-electron chi connectivity index (χ1n) is 6.59. The largest absolute Gasteiger partial charge is 0.399 e. The lowest BCUT2D eigenvalue weighted by molar-refractivity contribution is -0.131. The van der Waals surface area contributed by atoms with E-state index in [1.807, 2.05) is 41.1 Å². The molecule has 1 aromatic rings. The van der Waals surface area contributed by atoms with Crippen molar-refractivity contribution < 1.29 is 4.79 Å². The highest BCUT2D eigenvalue weighted by Crippen LogP contribution is 2.14. The third kappa shape index (κ3) is 3.61. The van der Waals surface area contributed by atoms with E-state index in [4.69, 9.17) is 5.73 Å². The summed E-state index contributed by atoms with van der Waals surface area (Å²) in [6, 6.07) is 7.58. The van der Waals surface area contributed by atoms with Crippen molar-refractivity contribution in [3.8, 4) is 0 Å². The summed E-state index contributed by atoms with van der Waals surface area (Å²) in [5.74, 6) is 0.187. The van der Waals surface area contributed by atoms with E-state index >= 15 is 0 Å². The fraction of sp³-hybridized carbons (Fsp3) is 0.500. The SMILES string of the molecule is CN1CCN(C(=O)CN(C)c2ccc(N)cc2)CC1. The number of likely N-dealkylation sites (N-methyl/N-ethyl adjacent to an activating group) is 2. The summed E-state index contributed by atoms with van der Waals surface area (Å²) >= 11 is 0. The normalized spacial score (nSPS) is 16.4. The van der Waals surface area contributed by atoms with Crippen LogP contribution in [0.25, 0.3) is 0 Å². The van der Waals surface area contributed by atoms with Gasteiger partial charge >= 0.3 is 0 Å². The maximum absolute atomic E-state index is 12.2. The topological polar surface area (TPSA) is 52.8 Å². The average molecular weight is 262 g/mol. The molecule has 0 aromatic heterocycles. The Balaban J connectivity index is 1.89. The van der Waals surface area contributed by atoms with Crippen LogP contribution in [0.15, 0.2) is 24.3 Å². The second-order valence-corrected chi connectivity index (χ2v) is 5.13. The number of carbonyl (C=O) groups is 1. The van der Waals surface area contributed by atoms with E-state index in [0.717, 1.165) is 37.6 Å². The van der Waals surface area contributed by atoms with Gasteiger partial charge in [0.1, 0.15) is 0 Å². The number of rotatable bonds is 3. The number of amides is 1. The van der Waals surface area contributed by atoms with Gasteiger partial charge in [-0.15, -0.1) is 0 Å². The van der Waals surface area contributed by atoms with Crippen LogP contribution in [0.5, 0.6) is 0 Å². The minimum atomic E-state index is 0.187. The van der Waals surface area contributed by atoms with E-state index in [1.165, 1.54) is 0 Å². The molecule has 1 aliphatic heterocycles. The molecule has 1 heterocycles. The molecule has 1 fully saturated rings. The van der Waals surface area contributed by atoms with Gasteiger partial charge in [-0.3, -0.25) is 4.79 Å². The summed E-state index contributed by atoms with van der Waals surface area (Å²) in [6.45, 7) is 3.97. The van der Waals surface area contributed by atoms with E-state index in [-0.39, 0.29) is 5.91 Å². The molecule has 0 atom stereocenters. The molecule has 104 valence electrons. The van der Waals surface area contributed by atoms with Crippen LogP contribution in [0.3, 0.4) is 0 Å². The number of piperazine rings is 1. The van der Waals surface area contributed by atoms with Crippen molar-refractivity contribution in [2.45, 2.75) is 0 Å². The zero-order chi connectivity index (χ0) is 13.8. The van der Waals surface area contributed by atoms with Gasteiger partial charge in [-0.1, -0.05) is 0 Å². The highest BCUT2D eigenvalue weighted by atomic mass is 16.2. The average Bonchev–Trinajstić information content (AvgIpc) is 2.40. The second-order valence-electron chi connectivity index (χ2n) is 5.13. The third-order valence-electron chi connectivity index (χ3n) is 3.56. The van der Waals surface area contributed by atoms with Crippen LogP contribution in [-0.4, -0.2) is 62.5 Å². The van der Waals surface area contributed by atoms with Crippen LogP contribution in [0.4, 0.5) is 11.4 Å². The van der Waals surface area contributed by atoms with E-state index < -0.39 is 0 Å². The minimum absolute atomic E-state index is 0.187. The first-order valence-corrected chi connectivity index (χ1v) is 6.59. The monoisotopic (exact) mass is 262 g/mol. The quantitative estimate of drug-likeness (QED) is 0.805. The lowest BCUT2D eigenvalue weighted by Crippen LogP contribution is -2.49. The number of nitrogen functional groups attached to an aromatic ring is 1. The molecule has 0 saturated carbocycles. The van der Waals surface area contributed by atoms with Crippen LogP contribution in [0, 0.1) is 0 Å². The van der Waals surface area contributed by atoms with Gasteiger partial charge in [0, 0.05) is 44.6 Å². The number of nitrogens with zero attached hydrogens (tertiary/aromatic N) is 3. The number of benzene rings is 1. The number of hydrogen-bond donors (Lipinski definition) is 1. The van der Waals surface area contributed by atoms with Gasteiger partial charge in [0.15, 0.2) is 0 Å². The molecule has 1 amide bonds. The van der Waals surface area contributed by atoms with Crippen molar-refractivity contribution in [1.29, 1.82) is 0 Å². The minimum Gasteiger partial charge on any atom is -0.399 e. The van der Waals surface area contributed by atoms with Gasteiger partial charge in [-0.25, -0.2) is 0 Å². The maximum Gasteiger partial charge on any atom is 0.242 e. The molecule has 0 spiro atoms. The first kappa shape index (κ1) is 13.7. The molecule has 2 rings (SSSR count). The predicted molar refractivity (Wildman–Crippen MR) is 78.2 cm³/mol. The van der Waals surface area contributed by atoms with Crippen LogP contribution in [-0.2, 0) is 4.79 Å². The fourth-order valence-electron chi connectivity index (χ4n) is 2.18. The van der Waals surface area contributed by atoms with E-state index in [9.17, 15) is 4.79 Å². The third-order valence-corrected chi connectivity index (χ3v) is 3.56. The number of carbonyl (C=O) groups excluding carboxylic acids is 1. The van der Waals surface area contributed by atoms with Gasteiger partial charge < -0.3 is 20.4 Å². The molecular weight excluding hydrogens is 240 g/mol. The molecule has 0 aliphatic carbocycles. The molecule has 5 heteroatoms. The summed E-state index contributed by atoms with van der Waals surface area (Å²) < 4.78 is 0.